The maximum atomic E-state index is 12.4. The second-order valence-electron chi connectivity index (χ2n) is 7.89. The normalized spacial score (nSPS) is 19.5. The maximum Gasteiger partial charge on any atom is 0.238 e. The fourth-order valence-corrected chi connectivity index (χ4v) is 3.97. The van der Waals surface area contributed by atoms with E-state index in [4.69, 9.17) is 0 Å². The Morgan fingerprint density at radius 3 is 2.38 bits per heavy atom. The molecule has 5 nitrogen and oxygen atoms in total. The van der Waals surface area contributed by atoms with Crippen molar-refractivity contribution in [3.05, 3.63) is 29.3 Å². The first-order chi connectivity index (χ1) is 12.5. The van der Waals surface area contributed by atoms with Crippen molar-refractivity contribution in [2.45, 2.75) is 58.4 Å². The second-order valence-corrected chi connectivity index (χ2v) is 7.89. The van der Waals surface area contributed by atoms with E-state index < -0.39 is 0 Å². The number of nitrogens with zero attached hydrogens (tertiary/aromatic N) is 1. The van der Waals surface area contributed by atoms with Gasteiger partial charge in [-0.05, 0) is 75.9 Å². The minimum atomic E-state index is 0.0158. The Morgan fingerprint density at radius 2 is 1.73 bits per heavy atom. The van der Waals surface area contributed by atoms with Gasteiger partial charge in [-0.1, -0.05) is 18.9 Å². The van der Waals surface area contributed by atoms with Gasteiger partial charge in [0.15, 0.2) is 0 Å². The molecule has 26 heavy (non-hydrogen) atoms. The molecule has 2 fully saturated rings. The molecule has 1 aliphatic carbocycles. The number of amides is 2. The number of aryl methyl sites for hydroxylation is 2. The third-order valence-corrected chi connectivity index (χ3v) is 5.82. The van der Waals surface area contributed by atoms with Gasteiger partial charge in [-0.15, -0.1) is 0 Å². The summed E-state index contributed by atoms with van der Waals surface area (Å²) in [5.74, 6) is 0.341. The molecule has 0 radical (unpaired) electrons. The number of hydrogen-bond acceptors (Lipinski definition) is 3. The van der Waals surface area contributed by atoms with Gasteiger partial charge >= 0.3 is 0 Å². The smallest absolute Gasteiger partial charge is 0.238 e. The maximum absolute atomic E-state index is 12.4. The number of benzene rings is 1. The van der Waals surface area contributed by atoms with Gasteiger partial charge in [-0.25, -0.2) is 0 Å². The molecule has 1 aliphatic heterocycles. The molecule has 0 unspecified atom stereocenters. The van der Waals surface area contributed by atoms with Crippen LogP contribution >= 0.6 is 0 Å². The molecule has 0 spiro atoms. The van der Waals surface area contributed by atoms with Crippen molar-refractivity contribution in [2.24, 2.45) is 5.92 Å². The van der Waals surface area contributed by atoms with Gasteiger partial charge in [-0.2, -0.15) is 0 Å². The predicted molar refractivity (Wildman–Crippen MR) is 104 cm³/mol. The van der Waals surface area contributed by atoms with Gasteiger partial charge in [0.05, 0.1) is 6.54 Å². The van der Waals surface area contributed by atoms with Crippen molar-refractivity contribution in [1.29, 1.82) is 0 Å². The standard InChI is InChI=1S/C21H31N3O2/c1-15-7-8-19(13-16(15)2)22-20(25)14-24-11-9-17(10-12-24)21(26)23-18-5-3-4-6-18/h7-8,13,17-18H,3-6,9-12,14H2,1-2H3,(H,22,25)(H,23,26). The average Bonchev–Trinajstić information content (AvgIpc) is 3.11. The minimum Gasteiger partial charge on any atom is -0.353 e. The first kappa shape index (κ1) is 18.9. The van der Waals surface area contributed by atoms with Crippen LogP contribution in [0.2, 0.25) is 0 Å². The Bertz CT molecular complexity index is 645. The number of piperidine rings is 1. The van der Waals surface area contributed by atoms with E-state index in [9.17, 15) is 9.59 Å². The van der Waals surface area contributed by atoms with Crippen LogP contribution in [0.3, 0.4) is 0 Å². The van der Waals surface area contributed by atoms with Gasteiger partial charge in [0.25, 0.3) is 0 Å². The summed E-state index contributed by atoms with van der Waals surface area (Å²) < 4.78 is 0. The Kier molecular flexibility index (Phi) is 6.30. The first-order valence-electron chi connectivity index (χ1n) is 9.91. The Labute approximate surface area is 156 Å². The second kappa shape index (κ2) is 8.67. The van der Waals surface area contributed by atoms with E-state index in [0.717, 1.165) is 44.5 Å². The molecule has 2 N–H and O–H groups in total. The average molecular weight is 357 g/mol. The van der Waals surface area contributed by atoms with Crippen molar-refractivity contribution < 1.29 is 9.59 Å². The first-order valence-corrected chi connectivity index (χ1v) is 9.91. The van der Waals surface area contributed by atoms with Gasteiger partial charge in [0, 0.05) is 17.6 Å². The summed E-state index contributed by atoms with van der Waals surface area (Å²) in [4.78, 5) is 26.8. The molecule has 1 aromatic rings. The molecule has 0 atom stereocenters. The Morgan fingerprint density at radius 1 is 1.04 bits per heavy atom. The highest BCUT2D eigenvalue weighted by molar-refractivity contribution is 5.92. The molecule has 2 aliphatic rings. The van der Waals surface area contributed by atoms with Crippen molar-refractivity contribution in [3.63, 3.8) is 0 Å². The van der Waals surface area contributed by atoms with E-state index >= 15 is 0 Å². The zero-order chi connectivity index (χ0) is 18.5. The molecule has 2 amide bonds. The Balaban J connectivity index is 1.40. The number of rotatable bonds is 5. The molecule has 1 saturated heterocycles. The molecular weight excluding hydrogens is 326 g/mol. The lowest BCUT2D eigenvalue weighted by Crippen LogP contribution is -2.44. The fraction of sp³-hybridized carbons (Fsp3) is 0.619. The third-order valence-electron chi connectivity index (χ3n) is 5.82. The minimum absolute atomic E-state index is 0.0158. The van der Waals surface area contributed by atoms with E-state index in [2.05, 4.69) is 22.5 Å². The largest absolute Gasteiger partial charge is 0.353 e. The van der Waals surface area contributed by atoms with E-state index in [1.165, 1.54) is 24.0 Å². The summed E-state index contributed by atoms with van der Waals surface area (Å²) >= 11 is 0. The van der Waals surface area contributed by atoms with Crippen LogP contribution in [-0.4, -0.2) is 42.4 Å². The molecular formula is C21H31N3O2. The molecule has 0 aromatic heterocycles. The van der Waals surface area contributed by atoms with E-state index in [0.29, 0.717) is 12.6 Å². The summed E-state index contributed by atoms with van der Waals surface area (Å²) in [5.41, 5.74) is 3.25. The molecule has 5 heteroatoms. The van der Waals surface area contributed by atoms with Crippen molar-refractivity contribution >= 4 is 17.5 Å². The summed E-state index contributed by atoms with van der Waals surface area (Å²) in [6.07, 6.45) is 6.41. The van der Waals surface area contributed by atoms with Crippen LogP contribution in [0.1, 0.15) is 49.7 Å². The lowest BCUT2D eigenvalue weighted by atomic mass is 9.95. The van der Waals surface area contributed by atoms with Crippen LogP contribution < -0.4 is 10.6 Å². The molecule has 142 valence electrons. The fourth-order valence-electron chi connectivity index (χ4n) is 3.97. The molecule has 1 saturated carbocycles. The van der Waals surface area contributed by atoms with Gasteiger partial charge in [0.1, 0.15) is 0 Å². The van der Waals surface area contributed by atoms with Crippen molar-refractivity contribution in [2.75, 3.05) is 25.0 Å². The van der Waals surface area contributed by atoms with Crippen LogP contribution in [0, 0.1) is 19.8 Å². The van der Waals surface area contributed by atoms with Crippen LogP contribution in [-0.2, 0) is 9.59 Å². The predicted octanol–water partition coefficient (Wildman–Crippen LogP) is 3.01. The van der Waals surface area contributed by atoms with E-state index in [1.807, 2.05) is 25.1 Å². The Hall–Kier alpha value is -1.88. The SMILES string of the molecule is Cc1ccc(NC(=O)CN2CCC(C(=O)NC3CCCC3)CC2)cc1C. The topological polar surface area (TPSA) is 61.4 Å². The van der Waals surface area contributed by atoms with Crippen LogP contribution in [0.15, 0.2) is 18.2 Å². The number of hydrogen-bond donors (Lipinski definition) is 2. The van der Waals surface area contributed by atoms with Crippen LogP contribution in [0.5, 0.6) is 0 Å². The zero-order valence-corrected chi connectivity index (χ0v) is 16.0. The summed E-state index contributed by atoms with van der Waals surface area (Å²) in [6, 6.07) is 6.37. The highest BCUT2D eigenvalue weighted by Crippen LogP contribution is 2.21. The monoisotopic (exact) mass is 357 g/mol. The van der Waals surface area contributed by atoms with Crippen LogP contribution in [0.4, 0.5) is 5.69 Å². The van der Waals surface area contributed by atoms with E-state index in [-0.39, 0.29) is 17.7 Å². The molecule has 0 bridgehead atoms. The summed E-state index contributed by atoms with van der Waals surface area (Å²) in [7, 11) is 0. The summed E-state index contributed by atoms with van der Waals surface area (Å²) in [5, 5.41) is 6.19. The molecule has 1 heterocycles. The lowest BCUT2D eigenvalue weighted by molar-refractivity contribution is -0.127. The van der Waals surface area contributed by atoms with E-state index in [1.54, 1.807) is 0 Å². The van der Waals surface area contributed by atoms with Gasteiger partial charge in [0.2, 0.25) is 11.8 Å². The van der Waals surface area contributed by atoms with Crippen molar-refractivity contribution in [1.82, 2.24) is 10.2 Å². The molecule has 3 rings (SSSR count). The summed E-state index contributed by atoms with van der Waals surface area (Å²) in [6.45, 7) is 6.12. The number of anilines is 1. The molecule has 1 aromatic carbocycles. The number of nitrogens with one attached hydrogen (secondary N) is 2. The zero-order valence-electron chi connectivity index (χ0n) is 16.0. The number of carbonyl (C=O) groups is 2. The van der Waals surface area contributed by atoms with Gasteiger partial charge in [-0.3, -0.25) is 14.5 Å². The van der Waals surface area contributed by atoms with Gasteiger partial charge < -0.3 is 10.6 Å². The van der Waals surface area contributed by atoms with Crippen LogP contribution in [0.25, 0.3) is 0 Å². The lowest BCUT2D eigenvalue weighted by Gasteiger charge is -2.31. The third kappa shape index (κ3) is 5.07. The van der Waals surface area contributed by atoms with Crippen molar-refractivity contribution in [3.8, 4) is 0 Å². The highest BCUT2D eigenvalue weighted by atomic mass is 16.2. The quantitative estimate of drug-likeness (QED) is 0.851. The number of carbonyl (C=O) groups excluding carboxylic acids is 2. The highest BCUT2D eigenvalue weighted by Gasteiger charge is 2.28. The number of likely N-dealkylation sites (tertiary alicyclic amines) is 1.